The van der Waals surface area contributed by atoms with Gasteiger partial charge in [-0.25, -0.2) is 14.9 Å². The van der Waals surface area contributed by atoms with Crippen molar-refractivity contribution >= 4 is 12.2 Å². The number of nitrogens with zero attached hydrogens (tertiary/aromatic N) is 3. The zero-order chi connectivity index (χ0) is 17.6. The summed E-state index contributed by atoms with van der Waals surface area (Å²) in [5.74, 6) is 0. The van der Waals surface area contributed by atoms with Crippen molar-refractivity contribution in [3.05, 3.63) is 71.9 Å². The van der Waals surface area contributed by atoms with Crippen LogP contribution in [0.3, 0.4) is 0 Å². The number of primary amides is 1. The molecule has 0 aliphatic carbocycles. The summed E-state index contributed by atoms with van der Waals surface area (Å²) in [6.07, 6.45) is 4.39. The van der Waals surface area contributed by atoms with E-state index in [-0.39, 0.29) is 0 Å². The number of nitrogens with two attached hydrogens (primary N) is 1. The Hall–Kier alpha value is -3.41. The molecule has 0 aliphatic rings. The lowest BCUT2D eigenvalue weighted by Crippen LogP contribution is -2.24. The number of hydrogen-bond acceptors (Lipinski definition) is 3. The van der Waals surface area contributed by atoms with Gasteiger partial charge in [-0.1, -0.05) is 49.4 Å². The molecule has 1 heterocycles. The third kappa shape index (κ3) is 3.92. The molecule has 3 aromatic rings. The second kappa shape index (κ2) is 7.44. The van der Waals surface area contributed by atoms with E-state index in [9.17, 15) is 4.79 Å². The average Bonchev–Trinajstić information content (AvgIpc) is 3.06. The van der Waals surface area contributed by atoms with Crippen molar-refractivity contribution in [1.29, 1.82) is 0 Å². The van der Waals surface area contributed by atoms with Crippen molar-refractivity contribution < 1.29 is 4.79 Å². The minimum absolute atomic E-state index is 0.708. The summed E-state index contributed by atoms with van der Waals surface area (Å²) >= 11 is 0. The minimum atomic E-state index is -0.708. The third-order valence-corrected chi connectivity index (χ3v) is 3.78. The fourth-order valence-corrected chi connectivity index (χ4v) is 2.48. The van der Waals surface area contributed by atoms with Gasteiger partial charge in [0.1, 0.15) is 5.69 Å². The Kier molecular flexibility index (Phi) is 4.89. The molecule has 0 saturated heterocycles. The lowest BCUT2D eigenvalue weighted by molar-refractivity contribution is 0.249. The molecule has 3 rings (SSSR count). The van der Waals surface area contributed by atoms with Crippen molar-refractivity contribution in [3.8, 4) is 16.9 Å². The fourth-order valence-electron chi connectivity index (χ4n) is 2.48. The number of aromatic nitrogens is 2. The van der Waals surface area contributed by atoms with E-state index in [2.05, 4.69) is 34.7 Å². The van der Waals surface area contributed by atoms with Crippen LogP contribution in [0.1, 0.15) is 18.1 Å². The summed E-state index contributed by atoms with van der Waals surface area (Å²) in [4.78, 5) is 10.8. The topological polar surface area (TPSA) is 85.3 Å². The van der Waals surface area contributed by atoms with Gasteiger partial charge in [-0.3, -0.25) is 0 Å². The number of benzene rings is 2. The van der Waals surface area contributed by atoms with Gasteiger partial charge in [0.2, 0.25) is 0 Å². The lowest BCUT2D eigenvalue weighted by Gasteiger charge is -2.02. The number of aryl methyl sites for hydroxylation is 1. The van der Waals surface area contributed by atoms with Crippen LogP contribution in [0.25, 0.3) is 16.9 Å². The van der Waals surface area contributed by atoms with Crippen molar-refractivity contribution in [3.63, 3.8) is 0 Å². The molecule has 3 N–H and O–H groups in total. The number of para-hydroxylation sites is 1. The molecule has 0 aliphatic heterocycles. The maximum absolute atomic E-state index is 10.8. The molecule has 0 unspecified atom stereocenters. The van der Waals surface area contributed by atoms with Crippen molar-refractivity contribution in [2.45, 2.75) is 13.3 Å². The van der Waals surface area contributed by atoms with E-state index >= 15 is 0 Å². The third-order valence-electron chi connectivity index (χ3n) is 3.78. The number of rotatable bonds is 5. The lowest BCUT2D eigenvalue weighted by atomic mass is 10.1. The molecule has 6 nitrogen and oxygen atoms in total. The molecule has 0 bridgehead atoms. The Morgan fingerprint density at radius 1 is 1.20 bits per heavy atom. The highest BCUT2D eigenvalue weighted by molar-refractivity contribution is 5.89. The maximum Gasteiger partial charge on any atom is 0.332 e. The number of nitrogens with one attached hydrogen (secondary N) is 1. The van der Waals surface area contributed by atoms with Crippen molar-refractivity contribution in [2.75, 3.05) is 0 Å². The molecule has 6 heteroatoms. The first-order chi connectivity index (χ1) is 12.2. The van der Waals surface area contributed by atoms with Gasteiger partial charge in [-0.15, -0.1) is 0 Å². The first kappa shape index (κ1) is 16.4. The van der Waals surface area contributed by atoms with E-state index in [1.165, 1.54) is 5.56 Å². The number of urea groups is 1. The van der Waals surface area contributed by atoms with Gasteiger partial charge in [-0.2, -0.15) is 10.2 Å². The van der Waals surface area contributed by atoms with Crippen LogP contribution in [-0.4, -0.2) is 22.0 Å². The van der Waals surface area contributed by atoms with Crippen LogP contribution in [-0.2, 0) is 6.42 Å². The molecule has 2 amide bonds. The first-order valence-corrected chi connectivity index (χ1v) is 8.00. The Bertz CT molecular complexity index is 882. The normalized spacial score (nSPS) is 10.9. The Balaban J connectivity index is 2.02. The van der Waals surface area contributed by atoms with E-state index in [0.717, 1.165) is 28.9 Å². The van der Waals surface area contributed by atoms with E-state index in [4.69, 9.17) is 5.73 Å². The summed E-state index contributed by atoms with van der Waals surface area (Å²) in [5.41, 5.74) is 12.0. The van der Waals surface area contributed by atoms with Gasteiger partial charge < -0.3 is 5.73 Å². The van der Waals surface area contributed by atoms with E-state index in [0.29, 0.717) is 0 Å². The summed E-state index contributed by atoms with van der Waals surface area (Å²) in [6.45, 7) is 2.12. The largest absolute Gasteiger partial charge is 0.350 e. The van der Waals surface area contributed by atoms with Crippen LogP contribution < -0.4 is 11.2 Å². The predicted octanol–water partition coefficient (Wildman–Crippen LogP) is 3.10. The molecule has 25 heavy (non-hydrogen) atoms. The second-order valence-corrected chi connectivity index (χ2v) is 5.50. The standard InChI is InChI=1S/C19H19N5O/c1-2-14-8-10-15(11-9-14)18-16(12-21-22-19(20)25)13-24(23-18)17-6-4-3-5-7-17/h3-13H,2H2,1H3,(H3,20,22,25)/b21-12-. The molecular formula is C19H19N5O. The smallest absolute Gasteiger partial charge is 0.332 e. The van der Waals surface area contributed by atoms with E-state index in [1.54, 1.807) is 10.9 Å². The number of carbonyl (C=O) groups is 1. The summed E-state index contributed by atoms with van der Waals surface area (Å²) in [7, 11) is 0. The molecule has 0 radical (unpaired) electrons. The van der Waals surface area contributed by atoms with Crippen LogP contribution in [0.2, 0.25) is 0 Å². The highest BCUT2D eigenvalue weighted by Gasteiger charge is 2.11. The van der Waals surface area contributed by atoms with Crippen LogP contribution in [0.5, 0.6) is 0 Å². The van der Waals surface area contributed by atoms with Crippen molar-refractivity contribution in [2.24, 2.45) is 10.8 Å². The van der Waals surface area contributed by atoms with Gasteiger partial charge in [0.25, 0.3) is 0 Å². The Labute approximate surface area is 146 Å². The van der Waals surface area contributed by atoms with Crippen LogP contribution in [0.15, 0.2) is 65.9 Å². The molecule has 2 aromatic carbocycles. The molecule has 1 aromatic heterocycles. The van der Waals surface area contributed by atoms with Crippen LogP contribution in [0.4, 0.5) is 4.79 Å². The molecule has 0 fully saturated rings. The van der Waals surface area contributed by atoms with Crippen LogP contribution >= 0.6 is 0 Å². The summed E-state index contributed by atoms with van der Waals surface area (Å²) in [5, 5.41) is 8.55. The molecule has 0 atom stereocenters. The molecular weight excluding hydrogens is 314 g/mol. The van der Waals surface area contributed by atoms with E-state index in [1.807, 2.05) is 48.7 Å². The number of hydrazone groups is 1. The van der Waals surface area contributed by atoms with Gasteiger partial charge in [0, 0.05) is 17.3 Å². The molecule has 0 saturated carbocycles. The van der Waals surface area contributed by atoms with Crippen molar-refractivity contribution in [1.82, 2.24) is 15.2 Å². The minimum Gasteiger partial charge on any atom is -0.350 e. The van der Waals surface area contributed by atoms with Gasteiger partial charge in [0.15, 0.2) is 0 Å². The summed E-state index contributed by atoms with van der Waals surface area (Å²) < 4.78 is 1.79. The zero-order valence-electron chi connectivity index (χ0n) is 13.9. The average molecular weight is 333 g/mol. The quantitative estimate of drug-likeness (QED) is 0.555. The highest BCUT2D eigenvalue weighted by Crippen LogP contribution is 2.23. The number of amides is 2. The Morgan fingerprint density at radius 2 is 1.92 bits per heavy atom. The van der Waals surface area contributed by atoms with E-state index < -0.39 is 6.03 Å². The maximum atomic E-state index is 10.8. The zero-order valence-corrected chi connectivity index (χ0v) is 13.9. The second-order valence-electron chi connectivity index (χ2n) is 5.50. The van der Waals surface area contributed by atoms with Gasteiger partial charge in [-0.05, 0) is 24.1 Å². The fraction of sp³-hybridized carbons (Fsp3) is 0.105. The first-order valence-electron chi connectivity index (χ1n) is 8.00. The Morgan fingerprint density at radius 3 is 2.56 bits per heavy atom. The van der Waals surface area contributed by atoms with Gasteiger partial charge in [0.05, 0.1) is 11.9 Å². The predicted molar refractivity (Wildman–Crippen MR) is 98.7 cm³/mol. The number of hydrogen-bond donors (Lipinski definition) is 2. The summed E-state index contributed by atoms with van der Waals surface area (Å²) in [6, 6.07) is 17.3. The number of carbonyl (C=O) groups excluding carboxylic acids is 1. The monoisotopic (exact) mass is 333 g/mol. The highest BCUT2D eigenvalue weighted by atomic mass is 16.2. The van der Waals surface area contributed by atoms with Gasteiger partial charge >= 0.3 is 6.03 Å². The van der Waals surface area contributed by atoms with Crippen LogP contribution in [0, 0.1) is 0 Å². The SMILES string of the molecule is CCc1ccc(-c2nn(-c3ccccc3)cc2/C=N\NC(N)=O)cc1. The molecule has 0 spiro atoms. The molecule has 126 valence electrons.